The van der Waals surface area contributed by atoms with Gasteiger partial charge in [0.15, 0.2) is 5.65 Å². The summed E-state index contributed by atoms with van der Waals surface area (Å²) in [5, 5.41) is 13.9. The van der Waals surface area contributed by atoms with Crippen LogP contribution >= 0.6 is 0 Å². The number of aliphatic carboxylic acids is 1. The summed E-state index contributed by atoms with van der Waals surface area (Å²) in [6.45, 7) is 0.0383. The first kappa shape index (κ1) is 15.4. The molecule has 0 radical (unpaired) electrons. The van der Waals surface area contributed by atoms with E-state index in [0.717, 1.165) is 4.57 Å². The number of rotatable bonds is 6. The van der Waals surface area contributed by atoms with Gasteiger partial charge >= 0.3 is 11.7 Å². The molecule has 0 aliphatic carbocycles. The van der Waals surface area contributed by atoms with Gasteiger partial charge in [-0.05, 0) is 0 Å². The Labute approximate surface area is 123 Å². The first-order valence-corrected chi connectivity index (χ1v) is 6.34. The molecular weight excluding hydrogens is 294 g/mol. The second-order valence-electron chi connectivity index (χ2n) is 4.36. The predicted octanol–water partition coefficient (Wildman–Crippen LogP) is -2.22. The van der Waals surface area contributed by atoms with Crippen LogP contribution in [0.2, 0.25) is 0 Å². The van der Waals surface area contributed by atoms with Crippen molar-refractivity contribution in [2.75, 3.05) is 31.2 Å². The number of carboxylic acid groups (broad SMARTS) is 1. The average molecular weight is 309 g/mol. The van der Waals surface area contributed by atoms with Crippen molar-refractivity contribution in [1.29, 1.82) is 0 Å². The molecule has 0 aliphatic heterocycles. The van der Waals surface area contributed by atoms with Crippen LogP contribution in [-0.4, -0.2) is 50.7 Å². The van der Waals surface area contributed by atoms with Gasteiger partial charge < -0.3 is 21.5 Å². The quantitative estimate of drug-likeness (QED) is 0.371. The van der Waals surface area contributed by atoms with Gasteiger partial charge in [-0.3, -0.25) is 19.1 Å². The third-order valence-electron chi connectivity index (χ3n) is 2.88. The van der Waals surface area contributed by atoms with Crippen LogP contribution in [0.3, 0.4) is 0 Å². The highest BCUT2D eigenvalue weighted by Gasteiger charge is 2.14. The number of carbonyl (C=O) groups is 1. The number of aromatic amines is 1. The molecule has 0 unspecified atom stereocenters. The molecule has 2 aromatic rings. The number of hydrogen-bond acceptors (Lipinski definition) is 8. The summed E-state index contributed by atoms with van der Waals surface area (Å²) in [6.07, 6.45) is 0. The highest BCUT2D eigenvalue weighted by atomic mass is 16.4. The summed E-state index contributed by atoms with van der Waals surface area (Å²) in [5.74, 6) is -1.04. The third-order valence-corrected chi connectivity index (χ3v) is 2.88. The van der Waals surface area contributed by atoms with E-state index in [1.807, 2.05) is 0 Å². The fourth-order valence-corrected chi connectivity index (χ4v) is 1.90. The van der Waals surface area contributed by atoms with Crippen LogP contribution in [0.15, 0.2) is 9.59 Å². The van der Waals surface area contributed by atoms with Crippen molar-refractivity contribution in [2.45, 2.75) is 6.54 Å². The minimum atomic E-state index is -1.01. The van der Waals surface area contributed by atoms with E-state index in [4.69, 9.17) is 10.8 Å². The van der Waals surface area contributed by atoms with E-state index in [1.54, 1.807) is 7.05 Å². The molecule has 2 aromatic heterocycles. The summed E-state index contributed by atoms with van der Waals surface area (Å²) >= 11 is 0. The number of aromatic nitrogens is 4. The molecule has 11 heteroatoms. The average Bonchev–Trinajstić information content (AvgIpc) is 2.44. The molecule has 0 saturated heterocycles. The second-order valence-corrected chi connectivity index (χ2v) is 4.36. The number of H-pyrrole nitrogens is 1. The standard InChI is InChI=1S/C11H15N7O4/c1-13-10-16-8-6(9(21)17-10)7(12)15-11(22)18(8)3-2-14-4-5(19)20/h14H,2-4H2,1H3,(H,19,20)(H2,12,15,22)(H2,13,16,17,21). The van der Waals surface area contributed by atoms with Gasteiger partial charge in [0, 0.05) is 20.1 Å². The fraction of sp³-hybridized carbons (Fsp3) is 0.364. The van der Waals surface area contributed by atoms with Crippen LogP contribution in [0.1, 0.15) is 0 Å². The Morgan fingerprint density at radius 2 is 2.14 bits per heavy atom. The van der Waals surface area contributed by atoms with Crippen LogP contribution in [-0.2, 0) is 11.3 Å². The van der Waals surface area contributed by atoms with Gasteiger partial charge in [0.2, 0.25) is 5.95 Å². The second kappa shape index (κ2) is 6.22. The number of nitrogens with two attached hydrogens (primary N) is 1. The van der Waals surface area contributed by atoms with E-state index < -0.39 is 17.2 Å². The van der Waals surface area contributed by atoms with E-state index in [-0.39, 0.29) is 42.4 Å². The zero-order valence-corrected chi connectivity index (χ0v) is 11.7. The van der Waals surface area contributed by atoms with Crippen molar-refractivity contribution >= 4 is 28.8 Å². The maximum absolute atomic E-state index is 12.0. The Morgan fingerprint density at radius 1 is 1.41 bits per heavy atom. The molecule has 0 amide bonds. The third kappa shape index (κ3) is 3.03. The summed E-state index contributed by atoms with van der Waals surface area (Å²) in [4.78, 5) is 44.6. The number of carboxylic acids is 1. The van der Waals surface area contributed by atoms with E-state index in [0.29, 0.717) is 0 Å². The molecule has 118 valence electrons. The topological polar surface area (TPSA) is 168 Å². The molecule has 11 nitrogen and oxygen atoms in total. The zero-order valence-electron chi connectivity index (χ0n) is 11.7. The van der Waals surface area contributed by atoms with Gasteiger partial charge in [-0.15, -0.1) is 0 Å². The summed E-state index contributed by atoms with van der Waals surface area (Å²) in [7, 11) is 1.56. The smallest absolute Gasteiger partial charge is 0.351 e. The maximum Gasteiger partial charge on any atom is 0.351 e. The van der Waals surface area contributed by atoms with E-state index in [9.17, 15) is 14.4 Å². The lowest BCUT2D eigenvalue weighted by Gasteiger charge is -2.10. The number of anilines is 2. The van der Waals surface area contributed by atoms with E-state index >= 15 is 0 Å². The fourth-order valence-electron chi connectivity index (χ4n) is 1.90. The van der Waals surface area contributed by atoms with Gasteiger partial charge in [-0.1, -0.05) is 0 Å². The summed E-state index contributed by atoms with van der Waals surface area (Å²) < 4.78 is 1.16. The first-order valence-electron chi connectivity index (χ1n) is 6.34. The molecule has 0 saturated carbocycles. The minimum Gasteiger partial charge on any atom is -0.480 e. The Bertz CT molecular complexity index is 826. The van der Waals surface area contributed by atoms with Crippen molar-refractivity contribution < 1.29 is 9.90 Å². The molecule has 0 spiro atoms. The summed E-state index contributed by atoms with van der Waals surface area (Å²) in [5.41, 5.74) is 4.51. The molecule has 2 heterocycles. The Hall–Kier alpha value is -2.95. The number of hydrogen-bond donors (Lipinski definition) is 5. The maximum atomic E-state index is 12.0. The highest BCUT2D eigenvalue weighted by molar-refractivity contribution is 5.85. The van der Waals surface area contributed by atoms with E-state index in [2.05, 4.69) is 25.6 Å². The zero-order chi connectivity index (χ0) is 16.3. The Kier molecular flexibility index (Phi) is 4.36. The lowest BCUT2D eigenvalue weighted by molar-refractivity contribution is -0.135. The number of nitrogen functional groups attached to an aromatic ring is 1. The van der Waals surface area contributed by atoms with Gasteiger partial charge in [-0.2, -0.15) is 9.97 Å². The van der Waals surface area contributed by atoms with Crippen LogP contribution in [0, 0.1) is 0 Å². The number of fused-ring (bicyclic) bond motifs is 1. The van der Waals surface area contributed by atoms with Crippen LogP contribution < -0.4 is 27.6 Å². The molecule has 2 rings (SSSR count). The normalized spacial score (nSPS) is 10.8. The van der Waals surface area contributed by atoms with Gasteiger partial charge in [0.05, 0.1) is 6.54 Å². The van der Waals surface area contributed by atoms with E-state index in [1.165, 1.54) is 0 Å². The number of nitrogens with one attached hydrogen (secondary N) is 3. The minimum absolute atomic E-state index is 0.0110. The first-order chi connectivity index (χ1) is 10.4. The van der Waals surface area contributed by atoms with Crippen molar-refractivity contribution in [1.82, 2.24) is 24.8 Å². The molecule has 22 heavy (non-hydrogen) atoms. The van der Waals surface area contributed by atoms with Crippen molar-refractivity contribution in [3.05, 3.63) is 20.8 Å². The molecule has 0 aromatic carbocycles. The van der Waals surface area contributed by atoms with Crippen molar-refractivity contribution in [2.24, 2.45) is 0 Å². The number of nitrogens with zero attached hydrogens (tertiary/aromatic N) is 3. The molecule has 6 N–H and O–H groups in total. The predicted molar refractivity (Wildman–Crippen MR) is 78.9 cm³/mol. The molecule has 0 atom stereocenters. The molecular formula is C11H15N7O4. The van der Waals surface area contributed by atoms with Gasteiger partial charge in [-0.25, -0.2) is 4.79 Å². The highest BCUT2D eigenvalue weighted by Crippen LogP contribution is 2.11. The van der Waals surface area contributed by atoms with Crippen LogP contribution in [0.25, 0.3) is 11.0 Å². The lowest BCUT2D eigenvalue weighted by atomic mass is 10.3. The summed E-state index contributed by atoms with van der Waals surface area (Å²) in [6, 6.07) is 0. The van der Waals surface area contributed by atoms with Crippen LogP contribution in [0.4, 0.5) is 11.8 Å². The molecule has 0 fully saturated rings. The van der Waals surface area contributed by atoms with Gasteiger partial charge in [0.25, 0.3) is 5.56 Å². The molecule has 0 aliphatic rings. The van der Waals surface area contributed by atoms with Gasteiger partial charge in [0.1, 0.15) is 11.2 Å². The lowest BCUT2D eigenvalue weighted by Crippen LogP contribution is -2.33. The van der Waals surface area contributed by atoms with Crippen molar-refractivity contribution in [3.63, 3.8) is 0 Å². The van der Waals surface area contributed by atoms with Crippen molar-refractivity contribution in [3.8, 4) is 0 Å². The monoisotopic (exact) mass is 309 g/mol. The SMILES string of the molecule is CNc1nc2c(c(N)nc(=O)n2CCNCC(=O)O)c(=O)[nH]1. The largest absolute Gasteiger partial charge is 0.480 e. The Balaban J connectivity index is 2.48. The Morgan fingerprint density at radius 3 is 2.77 bits per heavy atom. The van der Waals surface area contributed by atoms with Crippen LogP contribution in [0.5, 0.6) is 0 Å². The molecule has 0 bridgehead atoms.